The van der Waals surface area contributed by atoms with Gasteiger partial charge in [-0.05, 0) is 127 Å². The first-order valence-electron chi connectivity index (χ1n) is 20.2. The van der Waals surface area contributed by atoms with E-state index in [9.17, 15) is 0 Å². The van der Waals surface area contributed by atoms with Crippen LogP contribution in [0.3, 0.4) is 0 Å². The molecule has 0 unspecified atom stereocenters. The van der Waals surface area contributed by atoms with E-state index in [4.69, 9.17) is 4.42 Å². The summed E-state index contributed by atoms with van der Waals surface area (Å²) in [5.74, 6) is 0. The summed E-state index contributed by atoms with van der Waals surface area (Å²) in [6, 6.07) is 73.2. The van der Waals surface area contributed by atoms with E-state index in [0.29, 0.717) is 0 Å². The van der Waals surface area contributed by atoms with Crippen LogP contribution in [-0.4, -0.2) is 0 Å². The molecule has 1 aliphatic carbocycles. The van der Waals surface area contributed by atoms with Gasteiger partial charge in [-0.3, -0.25) is 0 Å². The molecule has 59 heavy (non-hydrogen) atoms. The Labute approximate surface area is 344 Å². The van der Waals surface area contributed by atoms with Crippen molar-refractivity contribution in [2.75, 3.05) is 4.90 Å². The molecule has 0 radical (unpaired) electrons. The second-order valence-electron chi connectivity index (χ2n) is 15.6. The van der Waals surface area contributed by atoms with Gasteiger partial charge in [-0.1, -0.05) is 133 Å². The molecule has 13 rings (SSSR count). The van der Waals surface area contributed by atoms with Crippen LogP contribution in [0.4, 0.5) is 17.1 Å². The second-order valence-corrected chi connectivity index (χ2v) is 16.7. The Morgan fingerprint density at radius 3 is 1.78 bits per heavy atom. The fourth-order valence-electron chi connectivity index (χ4n) is 9.54. The van der Waals surface area contributed by atoms with Crippen LogP contribution in [0.2, 0.25) is 0 Å². The van der Waals surface area contributed by atoms with E-state index in [0.717, 1.165) is 39.0 Å². The topological polar surface area (TPSA) is 16.4 Å². The van der Waals surface area contributed by atoms with Crippen molar-refractivity contribution < 1.29 is 4.42 Å². The SMILES string of the molecule is c1ccc(-c2ccc3cc4c(cc3c2)-c2cc3cc(N(c5cccc6c5oc5ccccc56)c5c(-c6ccccc6)ccc6sc7ccccc7c56)ccc3cc2-4)cc1. The summed E-state index contributed by atoms with van der Waals surface area (Å²) in [4.78, 5) is 2.47. The van der Waals surface area contributed by atoms with Gasteiger partial charge in [0, 0.05) is 42.2 Å². The van der Waals surface area contributed by atoms with Gasteiger partial charge >= 0.3 is 0 Å². The van der Waals surface area contributed by atoms with Gasteiger partial charge in [0.2, 0.25) is 0 Å². The third-order valence-corrected chi connectivity index (χ3v) is 13.5. The maximum Gasteiger partial charge on any atom is 0.159 e. The van der Waals surface area contributed by atoms with E-state index in [1.54, 1.807) is 0 Å². The Balaban J connectivity index is 1.06. The van der Waals surface area contributed by atoms with Gasteiger partial charge in [0.25, 0.3) is 0 Å². The summed E-state index contributed by atoms with van der Waals surface area (Å²) < 4.78 is 9.36. The standard InChI is InChI=1S/C56H33NOS/c1-3-12-34(13-4-1)36-22-23-37-30-46-47-31-38-24-25-41(29-40(38)33-49(47)48(46)32-39(37)28-36)57(50-19-11-18-44-43-16-7-9-20-51(43)58-56(44)50)55-42(35-14-5-2-6-15-35)26-27-53-54(55)45-17-8-10-21-52(45)59-53/h1-33H. The summed E-state index contributed by atoms with van der Waals surface area (Å²) in [7, 11) is 0. The van der Waals surface area contributed by atoms with Crippen LogP contribution >= 0.6 is 11.3 Å². The second kappa shape index (κ2) is 12.5. The van der Waals surface area contributed by atoms with E-state index in [2.05, 4.69) is 205 Å². The molecule has 2 heterocycles. The zero-order valence-electron chi connectivity index (χ0n) is 31.8. The summed E-state index contributed by atoms with van der Waals surface area (Å²) >= 11 is 1.85. The molecule has 0 spiro atoms. The molecule has 2 aromatic heterocycles. The van der Waals surface area contributed by atoms with E-state index < -0.39 is 0 Å². The lowest BCUT2D eigenvalue weighted by atomic mass is 9.77. The van der Waals surface area contributed by atoms with Crippen LogP contribution in [0.15, 0.2) is 205 Å². The summed E-state index contributed by atoms with van der Waals surface area (Å²) in [5.41, 5.74) is 15.1. The minimum atomic E-state index is 0.872. The molecule has 2 nitrogen and oxygen atoms in total. The number of anilines is 3. The molecule has 0 fully saturated rings. The first-order chi connectivity index (χ1) is 29.2. The lowest BCUT2D eigenvalue weighted by molar-refractivity contribution is 0.669. The zero-order valence-corrected chi connectivity index (χ0v) is 32.6. The fraction of sp³-hybridized carbons (Fsp3) is 0. The molecular weight excluding hydrogens is 735 g/mol. The minimum absolute atomic E-state index is 0.872. The van der Waals surface area contributed by atoms with Crippen LogP contribution in [0, 0.1) is 0 Å². The van der Waals surface area contributed by atoms with Gasteiger partial charge in [0.05, 0.1) is 11.4 Å². The highest BCUT2D eigenvalue weighted by atomic mass is 32.1. The lowest BCUT2D eigenvalue weighted by Gasteiger charge is -2.30. The number of thiophene rings is 1. The van der Waals surface area contributed by atoms with E-state index >= 15 is 0 Å². The monoisotopic (exact) mass is 767 g/mol. The van der Waals surface area contributed by atoms with Gasteiger partial charge < -0.3 is 9.32 Å². The van der Waals surface area contributed by atoms with E-state index in [-0.39, 0.29) is 0 Å². The lowest BCUT2D eigenvalue weighted by Crippen LogP contribution is -2.12. The number of rotatable bonds is 5. The molecule has 10 aromatic carbocycles. The van der Waals surface area contributed by atoms with Gasteiger partial charge in [-0.2, -0.15) is 0 Å². The Hall–Kier alpha value is -7.46. The summed E-state index contributed by atoms with van der Waals surface area (Å²) in [6.07, 6.45) is 0. The van der Waals surface area contributed by atoms with E-state index in [1.165, 1.54) is 86.2 Å². The largest absolute Gasteiger partial charge is 0.454 e. The molecule has 0 aliphatic heterocycles. The normalized spacial score (nSPS) is 12.1. The third-order valence-electron chi connectivity index (χ3n) is 12.3. The van der Waals surface area contributed by atoms with Crippen molar-refractivity contribution in [3.63, 3.8) is 0 Å². The predicted molar refractivity (Wildman–Crippen MR) is 252 cm³/mol. The molecule has 0 amide bonds. The van der Waals surface area contributed by atoms with Crippen molar-refractivity contribution in [2.24, 2.45) is 0 Å². The van der Waals surface area contributed by atoms with Crippen molar-refractivity contribution in [2.45, 2.75) is 0 Å². The van der Waals surface area contributed by atoms with Gasteiger partial charge in [0.1, 0.15) is 5.58 Å². The average molecular weight is 768 g/mol. The fourth-order valence-corrected chi connectivity index (χ4v) is 10.6. The van der Waals surface area contributed by atoms with Gasteiger partial charge in [0.15, 0.2) is 5.58 Å². The zero-order chi connectivity index (χ0) is 38.6. The Kier molecular flexibility index (Phi) is 6.92. The van der Waals surface area contributed by atoms with Crippen LogP contribution < -0.4 is 4.90 Å². The van der Waals surface area contributed by atoms with Crippen molar-refractivity contribution >= 4 is 92.1 Å². The summed E-state index contributed by atoms with van der Waals surface area (Å²) in [5, 5.41) is 9.68. The Morgan fingerprint density at radius 2 is 1.00 bits per heavy atom. The van der Waals surface area contributed by atoms with Crippen molar-refractivity contribution in [3.05, 3.63) is 200 Å². The number of nitrogens with zero attached hydrogens (tertiary/aromatic N) is 1. The molecule has 1 aliphatic rings. The van der Waals surface area contributed by atoms with E-state index in [1.807, 2.05) is 11.3 Å². The molecular formula is C56H33NOS. The van der Waals surface area contributed by atoms with Crippen molar-refractivity contribution in [3.8, 4) is 44.5 Å². The van der Waals surface area contributed by atoms with Crippen LogP contribution in [0.1, 0.15) is 0 Å². The Bertz CT molecular complexity index is 3670. The number of hydrogen-bond donors (Lipinski definition) is 0. The maximum absolute atomic E-state index is 6.84. The van der Waals surface area contributed by atoms with Crippen molar-refractivity contribution in [1.29, 1.82) is 0 Å². The number of furan rings is 1. The number of benzene rings is 10. The van der Waals surface area contributed by atoms with Crippen LogP contribution in [0.25, 0.3) is 108 Å². The number of fused-ring (bicyclic) bond motifs is 12. The molecule has 0 saturated heterocycles. The van der Waals surface area contributed by atoms with Crippen LogP contribution in [0.5, 0.6) is 0 Å². The maximum atomic E-state index is 6.84. The highest BCUT2D eigenvalue weighted by molar-refractivity contribution is 7.26. The van der Waals surface area contributed by atoms with Crippen molar-refractivity contribution in [1.82, 2.24) is 0 Å². The molecule has 3 heteroatoms. The molecule has 0 bridgehead atoms. The molecule has 0 atom stereocenters. The average Bonchev–Trinajstić information content (AvgIpc) is 3.88. The molecule has 0 N–H and O–H groups in total. The van der Waals surface area contributed by atoms with Gasteiger partial charge in [-0.15, -0.1) is 11.3 Å². The number of hydrogen-bond acceptors (Lipinski definition) is 3. The molecule has 274 valence electrons. The number of para-hydroxylation sites is 2. The quantitative estimate of drug-likeness (QED) is 0.173. The highest BCUT2D eigenvalue weighted by Crippen LogP contribution is 2.54. The van der Waals surface area contributed by atoms with Gasteiger partial charge in [-0.25, -0.2) is 0 Å². The molecule has 12 aromatic rings. The minimum Gasteiger partial charge on any atom is -0.454 e. The first kappa shape index (κ1) is 32.6. The smallest absolute Gasteiger partial charge is 0.159 e. The third kappa shape index (κ3) is 4.92. The van der Waals surface area contributed by atoms with Crippen LogP contribution in [-0.2, 0) is 0 Å². The molecule has 0 saturated carbocycles. The highest BCUT2D eigenvalue weighted by Gasteiger charge is 2.28. The Morgan fingerprint density at radius 1 is 0.373 bits per heavy atom. The summed E-state index contributed by atoms with van der Waals surface area (Å²) in [6.45, 7) is 0. The predicted octanol–water partition coefficient (Wildman–Crippen LogP) is 16.7. The first-order valence-corrected chi connectivity index (χ1v) is 21.0.